The maximum absolute atomic E-state index is 12.0. The van der Waals surface area contributed by atoms with Crippen LogP contribution < -0.4 is 5.43 Å². The Labute approximate surface area is 131 Å². The predicted molar refractivity (Wildman–Crippen MR) is 79.1 cm³/mol. The standard InChI is InChI=1S/C15H14N4O4/c1-9(22-15(21)11-7-8-12(20)17-16-11)13-18-19-14(23-13)10-5-3-2-4-6-10/h2-6,9H,7-8H2,1H3,(H,17,20)/t9-/m0/s1. The minimum atomic E-state index is -0.715. The highest BCUT2D eigenvalue weighted by atomic mass is 16.6. The van der Waals surface area contributed by atoms with Crippen LogP contribution in [0, 0.1) is 0 Å². The summed E-state index contributed by atoms with van der Waals surface area (Å²) in [5, 5.41) is 11.5. The lowest BCUT2D eigenvalue weighted by molar-refractivity contribution is -0.141. The summed E-state index contributed by atoms with van der Waals surface area (Å²) in [4.78, 5) is 23.0. The van der Waals surface area contributed by atoms with Crippen molar-refractivity contribution in [1.29, 1.82) is 0 Å². The smallest absolute Gasteiger partial charge is 0.355 e. The van der Waals surface area contributed by atoms with Crippen molar-refractivity contribution in [2.24, 2.45) is 5.10 Å². The number of benzene rings is 1. The van der Waals surface area contributed by atoms with E-state index in [2.05, 4.69) is 20.7 Å². The van der Waals surface area contributed by atoms with Crippen molar-refractivity contribution >= 4 is 17.6 Å². The van der Waals surface area contributed by atoms with Crippen LogP contribution in [0.5, 0.6) is 0 Å². The molecule has 1 aromatic carbocycles. The second-order valence-corrected chi connectivity index (χ2v) is 4.95. The Balaban J connectivity index is 1.67. The minimum absolute atomic E-state index is 0.166. The van der Waals surface area contributed by atoms with Crippen LogP contribution in [0.1, 0.15) is 31.8 Å². The zero-order valence-electron chi connectivity index (χ0n) is 12.4. The van der Waals surface area contributed by atoms with E-state index in [0.29, 0.717) is 5.89 Å². The molecular formula is C15H14N4O4. The number of carbonyl (C=O) groups is 2. The largest absolute Gasteiger partial charge is 0.448 e. The number of rotatable bonds is 4. The van der Waals surface area contributed by atoms with Crippen molar-refractivity contribution in [2.75, 3.05) is 0 Å². The molecule has 0 saturated carbocycles. The lowest BCUT2D eigenvalue weighted by atomic mass is 10.2. The van der Waals surface area contributed by atoms with E-state index in [1.165, 1.54) is 0 Å². The number of hydrogen-bond donors (Lipinski definition) is 1. The van der Waals surface area contributed by atoms with Gasteiger partial charge in [-0.25, -0.2) is 10.2 Å². The molecule has 1 N–H and O–H groups in total. The van der Waals surface area contributed by atoms with Gasteiger partial charge in [-0.05, 0) is 19.1 Å². The van der Waals surface area contributed by atoms with Crippen LogP contribution in [-0.2, 0) is 14.3 Å². The highest BCUT2D eigenvalue weighted by molar-refractivity contribution is 6.37. The molecule has 0 saturated heterocycles. The molecule has 0 aliphatic carbocycles. The Morgan fingerprint density at radius 3 is 2.74 bits per heavy atom. The first-order valence-electron chi connectivity index (χ1n) is 7.08. The number of ether oxygens (including phenoxy) is 1. The number of carbonyl (C=O) groups excluding carboxylic acids is 2. The van der Waals surface area contributed by atoms with E-state index in [1.54, 1.807) is 6.92 Å². The molecule has 1 amide bonds. The third-order valence-corrected chi connectivity index (χ3v) is 3.23. The van der Waals surface area contributed by atoms with Crippen LogP contribution >= 0.6 is 0 Å². The van der Waals surface area contributed by atoms with Gasteiger partial charge in [0.1, 0.15) is 5.71 Å². The minimum Gasteiger partial charge on any atom is -0.448 e. The van der Waals surface area contributed by atoms with Crippen molar-refractivity contribution in [2.45, 2.75) is 25.9 Å². The van der Waals surface area contributed by atoms with E-state index in [1.807, 2.05) is 30.3 Å². The van der Waals surface area contributed by atoms with Crippen molar-refractivity contribution in [1.82, 2.24) is 15.6 Å². The number of esters is 1. The Bertz CT molecular complexity index is 754. The quantitative estimate of drug-likeness (QED) is 0.859. The van der Waals surface area contributed by atoms with Gasteiger partial charge >= 0.3 is 5.97 Å². The summed E-state index contributed by atoms with van der Waals surface area (Å²) in [6.45, 7) is 1.63. The monoisotopic (exact) mass is 314 g/mol. The molecule has 1 aromatic heterocycles. The number of hydrazone groups is 1. The van der Waals surface area contributed by atoms with Crippen molar-refractivity contribution in [3.63, 3.8) is 0 Å². The first-order valence-corrected chi connectivity index (χ1v) is 7.08. The van der Waals surface area contributed by atoms with E-state index in [9.17, 15) is 9.59 Å². The molecule has 1 atom stereocenters. The topological polar surface area (TPSA) is 107 Å². The van der Waals surface area contributed by atoms with Gasteiger partial charge in [0.25, 0.3) is 5.89 Å². The van der Waals surface area contributed by atoms with Gasteiger partial charge in [-0.15, -0.1) is 10.2 Å². The van der Waals surface area contributed by atoms with Crippen LogP contribution in [0.4, 0.5) is 0 Å². The average Bonchev–Trinajstić information content (AvgIpc) is 3.06. The fourth-order valence-corrected chi connectivity index (χ4v) is 2.00. The molecule has 8 heteroatoms. The van der Waals surface area contributed by atoms with Gasteiger partial charge in [-0.1, -0.05) is 18.2 Å². The van der Waals surface area contributed by atoms with Crippen molar-refractivity contribution in [3.05, 3.63) is 36.2 Å². The maximum Gasteiger partial charge on any atom is 0.355 e. The highest BCUT2D eigenvalue weighted by Gasteiger charge is 2.24. The van der Waals surface area contributed by atoms with E-state index in [4.69, 9.17) is 9.15 Å². The van der Waals surface area contributed by atoms with Crippen LogP contribution in [0.25, 0.3) is 11.5 Å². The Kier molecular flexibility index (Phi) is 4.13. The normalized spacial score (nSPS) is 15.5. The summed E-state index contributed by atoms with van der Waals surface area (Å²) < 4.78 is 10.8. The summed E-state index contributed by atoms with van der Waals surface area (Å²) in [5.74, 6) is -0.292. The van der Waals surface area contributed by atoms with E-state index < -0.39 is 12.1 Å². The molecule has 3 rings (SSSR count). The molecule has 0 bridgehead atoms. The summed E-state index contributed by atoms with van der Waals surface area (Å²) >= 11 is 0. The zero-order valence-corrected chi connectivity index (χ0v) is 12.4. The third kappa shape index (κ3) is 3.42. The fourth-order valence-electron chi connectivity index (χ4n) is 2.00. The SMILES string of the molecule is C[C@H](OC(=O)C1=NNC(=O)CC1)c1nnc(-c2ccccc2)o1. The molecule has 2 heterocycles. The molecule has 118 valence electrons. The summed E-state index contributed by atoms with van der Waals surface area (Å²) in [6, 6.07) is 9.28. The number of nitrogens with zero attached hydrogens (tertiary/aromatic N) is 3. The zero-order chi connectivity index (χ0) is 16.2. The second kappa shape index (κ2) is 6.39. The average molecular weight is 314 g/mol. The Hall–Kier alpha value is -3.03. The van der Waals surface area contributed by atoms with Gasteiger partial charge in [0, 0.05) is 18.4 Å². The van der Waals surface area contributed by atoms with Gasteiger partial charge in [-0.3, -0.25) is 4.79 Å². The Morgan fingerprint density at radius 1 is 1.26 bits per heavy atom. The molecule has 0 spiro atoms. The molecule has 8 nitrogen and oxygen atoms in total. The maximum atomic E-state index is 12.0. The predicted octanol–water partition coefficient (Wildman–Crippen LogP) is 1.61. The number of nitrogens with one attached hydrogen (secondary N) is 1. The molecule has 2 aromatic rings. The molecule has 23 heavy (non-hydrogen) atoms. The van der Waals surface area contributed by atoms with E-state index in [-0.39, 0.29) is 30.4 Å². The van der Waals surface area contributed by atoms with E-state index in [0.717, 1.165) is 5.56 Å². The van der Waals surface area contributed by atoms with Gasteiger partial charge in [-0.2, -0.15) is 5.10 Å². The first kappa shape index (κ1) is 14.9. The lowest BCUT2D eigenvalue weighted by Crippen LogP contribution is -2.31. The second-order valence-electron chi connectivity index (χ2n) is 4.95. The van der Waals surface area contributed by atoms with Crippen LogP contribution in [0.3, 0.4) is 0 Å². The van der Waals surface area contributed by atoms with Gasteiger partial charge in [0.2, 0.25) is 11.8 Å². The van der Waals surface area contributed by atoms with Crippen LogP contribution in [-0.4, -0.2) is 27.8 Å². The summed E-state index contributed by atoms with van der Waals surface area (Å²) in [6.07, 6.45) is -0.259. The highest BCUT2D eigenvalue weighted by Crippen LogP contribution is 2.22. The van der Waals surface area contributed by atoms with Crippen molar-refractivity contribution < 1.29 is 18.7 Å². The summed E-state index contributed by atoms with van der Waals surface area (Å²) in [7, 11) is 0. The van der Waals surface area contributed by atoms with Crippen LogP contribution in [0.2, 0.25) is 0 Å². The lowest BCUT2D eigenvalue weighted by Gasteiger charge is -2.13. The number of aromatic nitrogens is 2. The van der Waals surface area contributed by atoms with Gasteiger partial charge in [0.15, 0.2) is 6.10 Å². The molecule has 1 aliphatic heterocycles. The molecule has 0 fully saturated rings. The van der Waals surface area contributed by atoms with Gasteiger partial charge < -0.3 is 9.15 Å². The third-order valence-electron chi connectivity index (χ3n) is 3.23. The molecule has 1 aliphatic rings. The van der Waals surface area contributed by atoms with Gasteiger partial charge in [0.05, 0.1) is 0 Å². The molecule has 0 radical (unpaired) electrons. The number of amides is 1. The molecule has 0 unspecified atom stereocenters. The van der Waals surface area contributed by atoms with Crippen molar-refractivity contribution in [3.8, 4) is 11.5 Å². The Morgan fingerprint density at radius 2 is 2.04 bits per heavy atom. The fraction of sp³-hybridized carbons (Fsp3) is 0.267. The number of hydrogen-bond acceptors (Lipinski definition) is 7. The first-order chi connectivity index (χ1) is 11.1. The van der Waals surface area contributed by atoms with Crippen LogP contribution in [0.15, 0.2) is 39.9 Å². The van der Waals surface area contributed by atoms with E-state index >= 15 is 0 Å². The molecular weight excluding hydrogens is 300 g/mol. The summed E-state index contributed by atoms with van der Waals surface area (Å²) in [5.41, 5.74) is 3.20.